The summed E-state index contributed by atoms with van der Waals surface area (Å²) in [5, 5.41) is 10.6. The summed E-state index contributed by atoms with van der Waals surface area (Å²) in [4.78, 5) is 27.3. The van der Waals surface area contributed by atoms with Gasteiger partial charge < -0.3 is 9.84 Å². The number of halogens is 2. The number of anilines is 1. The van der Waals surface area contributed by atoms with Gasteiger partial charge >= 0.3 is 0 Å². The molecule has 1 heterocycles. The van der Waals surface area contributed by atoms with Crippen LogP contribution in [0.25, 0.3) is 0 Å². The van der Waals surface area contributed by atoms with E-state index >= 15 is 0 Å². The molecular formula is C22H21BrFNO4. The first-order chi connectivity index (χ1) is 13.7. The van der Waals surface area contributed by atoms with Crippen molar-refractivity contribution in [3.8, 4) is 5.75 Å². The molecule has 0 saturated heterocycles. The first-order valence-corrected chi connectivity index (χ1v) is 9.92. The van der Waals surface area contributed by atoms with Gasteiger partial charge in [-0.25, -0.2) is 4.39 Å². The number of rotatable bonds is 6. The summed E-state index contributed by atoms with van der Waals surface area (Å²) in [5.74, 6) is -1.88. The molecule has 0 aliphatic carbocycles. The fourth-order valence-corrected chi connectivity index (χ4v) is 3.71. The van der Waals surface area contributed by atoms with Crippen molar-refractivity contribution >= 4 is 33.3 Å². The molecule has 1 aliphatic heterocycles. The van der Waals surface area contributed by atoms with Crippen LogP contribution in [0, 0.1) is 11.7 Å². The molecule has 0 spiro atoms. The Balaban J connectivity index is 2.21. The van der Waals surface area contributed by atoms with Gasteiger partial charge in [-0.2, -0.15) is 0 Å². The Bertz CT molecular complexity index is 985. The molecule has 7 heteroatoms. The molecule has 2 aromatic carbocycles. The number of ether oxygens (including phenoxy) is 1. The lowest BCUT2D eigenvalue weighted by molar-refractivity contribution is -0.118. The zero-order chi connectivity index (χ0) is 21.3. The summed E-state index contributed by atoms with van der Waals surface area (Å²) < 4.78 is 19.9. The van der Waals surface area contributed by atoms with Crippen LogP contribution in [-0.2, 0) is 9.59 Å². The molecule has 0 fully saturated rings. The minimum absolute atomic E-state index is 0.00322. The van der Waals surface area contributed by atoms with E-state index in [9.17, 15) is 19.1 Å². The molecule has 0 radical (unpaired) electrons. The fraction of sp³-hybridized carbons (Fsp3) is 0.273. The molecule has 1 amide bonds. The number of aliphatic hydroxyl groups excluding tert-OH is 1. The van der Waals surface area contributed by atoms with Crippen LogP contribution in [0.15, 0.2) is 58.3 Å². The van der Waals surface area contributed by atoms with Gasteiger partial charge in [-0.05, 0) is 42.3 Å². The quantitative estimate of drug-likeness (QED) is 0.648. The number of hydrogen-bond acceptors (Lipinski definition) is 4. The number of hydrogen-bond donors (Lipinski definition) is 1. The Morgan fingerprint density at radius 2 is 1.90 bits per heavy atom. The van der Waals surface area contributed by atoms with E-state index in [0.29, 0.717) is 11.3 Å². The number of benzene rings is 2. The molecular weight excluding hydrogens is 441 g/mol. The molecule has 1 N–H and O–H groups in total. The van der Waals surface area contributed by atoms with Gasteiger partial charge in [0.1, 0.15) is 11.6 Å². The van der Waals surface area contributed by atoms with E-state index in [1.807, 2.05) is 13.8 Å². The van der Waals surface area contributed by atoms with Crippen LogP contribution < -0.4 is 9.64 Å². The number of nitrogens with zero attached hydrogens (tertiary/aromatic N) is 1. The van der Waals surface area contributed by atoms with Gasteiger partial charge in [0, 0.05) is 28.2 Å². The van der Waals surface area contributed by atoms with Crippen molar-refractivity contribution in [3.63, 3.8) is 0 Å². The average molecular weight is 462 g/mol. The lowest BCUT2D eigenvalue weighted by atomic mass is 9.91. The highest BCUT2D eigenvalue weighted by molar-refractivity contribution is 9.10. The largest absolute Gasteiger partial charge is 0.503 e. The minimum atomic E-state index is -0.925. The van der Waals surface area contributed by atoms with E-state index in [2.05, 4.69) is 15.9 Å². The second-order valence-electron chi connectivity index (χ2n) is 7.22. The number of aliphatic hydroxyl groups is 1. The monoisotopic (exact) mass is 461 g/mol. The van der Waals surface area contributed by atoms with Crippen molar-refractivity contribution in [1.82, 2.24) is 0 Å². The second kappa shape index (κ2) is 8.37. The van der Waals surface area contributed by atoms with E-state index < -0.39 is 23.5 Å². The van der Waals surface area contributed by atoms with Crippen LogP contribution in [0.4, 0.5) is 10.1 Å². The Morgan fingerprint density at radius 1 is 1.24 bits per heavy atom. The highest BCUT2D eigenvalue weighted by atomic mass is 79.9. The third-order valence-electron chi connectivity index (χ3n) is 4.70. The SMILES string of the molecule is COc1cc(F)ccc1C1C(C(=O)CC(C)C)=C(O)C(=O)N1c1ccc(Br)cc1. The molecule has 29 heavy (non-hydrogen) atoms. The number of carbonyl (C=O) groups is 2. The van der Waals surface area contributed by atoms with E-state index in [1.54, 1.807) is 24.3 Å². The molecule has 0 saturated carbocycles. The summed E-state index contributed by atoms with van der Waals surface area (Å²) in [5.41, 5.74) is 0.909. The van der Waals surface area contributed by atoms with Gasteiger partial charge in [0.25, 0.3) is 5.91 Å². The van der Waals surface area contributed by atoms with Crippen molar-refractivity contribution in [2.24, 2.45) is 5.92 Å². The third-order valence-corrected chi connectivity index (χ3v) is 5.23. The molecule has 2 aromatic rings. The van der Waals surface area contributed by atoms with Crippen molar-refractivity contribution in [1.29, 1.82) is 0 Å². The Hall–Kier alpha value is -2.67. The number of carbonyl (C=O) groups excluding carboxylic acids is 2. The third kappa shape index (κ3) is 4.05. The van der Waals surface area contributed by atoms with Crippen molar-refractivity contribution < 1.29 is 23.8 Å². The van der Waals surface area contributed by atoms with Crippen molar-refractivity contribution in [2.45, 2.75) is 26.3 Å². The minimum Gasteiger partial charge on any atom is -0.503 e. The molecule has 3 rings (SSSR count). The van der Waals surface area contributed by atoms with Gasteiger partial charge in [-0.15, -0.1) is 0 Å². The Labute approximate surface area is 176 Å². The number of amides is 1. The molecule has 1 unspecified atom stereocenters. The molecule has 5 nitrogen and oxygen atoms in total. The fourth-order valence-electron chi connectivity index (χ4n) is 3.44. The maximum atomic E-state index is 13.8. The first-order valence-electron chi connectivity index (χ1n) is 9.13. The summed E-state index contributed by atoms with van der Waals surface area (Å²) in [6.45, 7) is 3.76. The summed E-state index contributed by atoms with van der Waals surface area (Å²) in [6, 6.07) is 9.90. The lowest BCUT2D eigenvalue weighted by Crippen LogP contribution is -2.31. The van der Waals surface area contributed by atoms with Gasteiger partial charge in [-0.1, -0.05) is 29.8 Å². The highest BCUT2D eigenvalue weighted by Crippen LogP contribution is 2.44. The zero-order valence-corrected chi connectivity index (χ0v) is 17.9. The van der Waals surface area contributed by atoms with E-state index in [1.165, 1.54) is 30.2 Å². The first kappa shape index (κ1) is 21.0. The smallest absolute Gasteiger partial charge is 0.294 e. The van der Waals surface area contributed by atoms with Crippen molar-refractivity contribution in [2.75, 3.05) is 12.0 Å². The molecule has 1 aliphatic rings. The molecule has 152 valence electrons. The standard InChI is InChI=1S/C22H21BrFNO4/c1-12(2)10-17(26)19-20(16-9-6-14(24)11-18(16)29-3)25(22(28)21(19)27)15-7-4-13(23)5-8-15/h4-9,11-12,20,27H,10H2,1-3H3. The maximum absolute atomic E-state index is 13.8. The van der Waals surface area contributed by atoms with Crippen LogP contribution in [0.1, 0.15) is 31.9 Å². The van der Waals surface area contributed by atoms with Crippen molar-refractivity contribution in [3.05, 3.63) is 69.7 Å². The molecule has 1 atom stereocenters. The molecule has 0 aromatic heterocycles. The summed E-state index contributed by atoms with van der Waals surface area (Å²) in [6.07, 6.45) is 0.168. The summed E-state index contributed by atoms with van der Waals surface area (Å²) in [7, 11) is 1.39. The van der Waals surface area contributed by atoms with Gasteiger partial charge in [-0.3, -0.25) is 14.5 Å². The van der Waals surface area contributed by atoms with E-state index in [-0.39, 0.29) is 29.4 Å². The van der Waals surface area contributed by atoms with Crippen LogP contribution in [-0.4, -0.2) is 23.9 Å². The number of methoxy groups -OCH3 is 1. The van der Waals surface area contributed by atoms with Crippen LogP contribution >= 0.6 is 15.9 Å². The van der Waals surface area contributed by atoms with Crippen LogP contribution in [0.3, 0.4) is 0 Å². The average Bonchev–Trinajstić information content (AvgIpc) is 2.93. The van der Waals surface area contributed by atoms with Gasteiger partial charge in [0.05, 0.1) is 18.7 Å². The number of Topliss-reactive ketones (excluding diaryl/α,β-unsaturated/α-hetero) is 1. The maximum Gasteiger partial charge on any atom is 0.294 e. The topological polar surface area (TPSA) is 66.8 Å². The zero-order valence-electron chi connectivity index (χ0n) is 16.3. The van der Waals surface area contributed by atoms with Gasteiger partial charge in [0.2, 0.25) is 0 Å². The predicted molar refractivity (Wildman–Crippen MR) is 111 cm³/mol. The number of ketones is 1. The van der Waals surface area contributed by atoms with Crippen LogP contribution in [0.2, 0.25) is 0 Å². The lowest BCUT2D eigenvalue weighted by Gasteiger charge is -2.28. The predicted octanol–water partition coefficient (Wildman–Crippen LogP) is 5.11. The normalized spacial score (nSPS) is 16.7. The van der Waals surface area contributed by atoms with E-state index in [4.69, 9.17) is 4.74 Å². The second-order valence-corrected chi connectivity index (χ2v) is 8.14. The summed E-state index contributed by atoms with van der Waals surface area (Å²) >= 11 is 3.36. The molecule has 0 bridgehead atoms. The van der Waals surface area contributed by atoms with E-state index in [0.717, 1.165) is 4.47 Å². The Kier molecular flexibility index (Phi) is 6.07. The highest BCUT2D eigenvalue weighted by Gasteiger charge is 2.45. The van der Waals surface area contributed by atoms with Gasteiger partial charge in [0.15, 0.2) is 11.5 Å². The van der Waals surface area contributed by atoms with Crippen LogP contribution in [0.5, 0.6) is 5.75 Å². The Morgan fingerprint density at radius 3 is 2.48 bits per heavy atom.